The van der Waals surface area contributed by atoms with Gasteiger partial charge in [0.2, 0.25) is 0 Å². The predicted molar refractivity (Wildman–Crippen MR) is 86.7 cm³/mol. The summed E-state index contributed by atoms with van der Waals surface area (Å²) in [4.78, 5) is 0. The van der Waals surface area contributed by atoms with Crippen molar-refractivity contribution in [1.82, 2.24) is 15.0 Å². The monoisotopic (exact) mass is 290 g/mol. The highest BCUT2D eigenvalue weighted by Crippen LogP contribution is 2.33. The SMILES string of the molecule is CC(C)(CCC#N)c1ccccc1-n1nnc2ccccc21. The summed E-state index contributed by atoms with van der Waals surface area (Å²) in [6, 6.07) is 18.4. The van der Waals surface area contributed by atoms with Gasteiger partial charge in [-0.1, -0.05) is 49.4 Å². The lowest BCUT2D eigenvalue weighted by Crippen LogP contribution is -2.20. The molecule has 22 heavy (non-hydrogen) atoms. The van der Waals surface area contributed by atoms with Gasteiger partial charge in [-0.3, -0.25) is 0 Å². The van der Waals surface area contributed by atoms with Gasteiger partial charge in [-0.2, -0.15) is 5.26 Å². The van der Waals surface area contributed by atoms with Crippen molar-refractivity contribution < 1.29 is 0 Å². The molecule has 0 unspecified atom stereocenters. The minimum absolute atomic E-state index is 0.0978. The lowest BCUT2D eigenvalue weighted by molar-refractivity contribution is 0.484. The zero-order chi connectivity index (χ0) is 15.6. The first-order valence-corrected chi connectivity index (χ1v) is 7.41. The number of aromatic nitrogens is 3. The molecular weight excluding hydrogens is 272 g/mol. The van der Waals surface area contributed by atoms with Crippen LogP contribution in [0, 0.1) is 11.3 Å². The van der Waals surface area contributed by atoms with E-state index in [9.17, 15) is 0 Å². The van der Waals surface area contributed by atoms with Crippen LogP contribution in [0.1, 0.15) is 32.3 Å². The van der Waals surface area contributed by atoms with Gasteiger partial charge in [0.15, 0.2) is 0 Å². The maximum atomic E-state index is 8.89. The van der Waals surface area contributed by atoms with Crippen LogP contribution in [0.15, 0.2) is 48.5 Å². The maximum absolute atomic E-state index is 8.89. The van der Waals surface area contributed by atoms with Crippen molar-refractivity contribution in [3.63, 3.8) is 0 Å². The van der Waals surface area contributed by atoms with Crippen molar-refractivity contribution in [3.8, 4) is 11.8 Å². The van der Waals surface area contributed by atoms with E-state index in [4.69, 9.17) is 5.26 Å². The molecule has 0 saturated heterocycles. The molecule has 0 spiro atoms. The number of nitriles is 1. The topological polar surface area (TPSA) is 54.5 Å². The van der Waals surface area contributed by atoms with E-state index in [2.05, 4.69) is 42.4 Å². The molecular formula is C18H18N4. The van der Waals surface area contributed by atoms with Gasteiger partial charge < -0.3 is 0 Å². The van der Waals surface area contributed by atoms with Crippen molar-refractivity contribution in [2.45, 2.75) is 32.1 Å². The van der Waals surface area contributed by atoms with Gasteiger partial charge in [0.05, 0.1) is 17.3 Å². The number of nitrogens with zero attached hydrogens (tertiary/aromatic N) is 4. The summed E-state index contributed by atoms with van der Waals surface area (Å²) in [6.07, 6.45) is 1.35. The molecule has 1 aromatic heterocycles. The molecule has 4 heteroatoms. The number of fused-ring (bicyclic) bond motifs is 1. The minimum atomic E-state index is -0.0978. The molecule has 0 saturated carbocycles. The third kappa shape index (κ3) is 2.46. The standard InChI is InChI=1S/C18H18N4/c1-18(2,12-7-13-19)14-8-3-5-10-16(14)22-17-11-6-4-9-15(17)20-21-22/h3-6,8-11H,7,12H2,1-2H3. The Hall–Kier alpha value is -2.67. The van der Waals surface area contributed by atoms with Crippen LogP contribution in [0.5, 0.6) is 0 Å². The first-order chi connectivity index (χ1) is 10.6. The summed E-state index contributed by atoms with van der Waals surface area (Å²) in [5.74, 6) is 0. The second kappa shape index (κ2) is 5.61. The first-order valence-electron chi connectivity index (χ1n) is 7.41. The fourth-order valence-corrected chi connectivity index (χ4v) is 2.78. The van der Waals surface area contributed by atoms with E-state index in [1.54, 1.807) is 0 Å². The van der Waals surface area contributed by atoms with Crippen LogP contribution in [0.4, 0.5) is 0 Å². The van der Waals surface area contributed by atoms with Gasteiger partial charge in [0.1, 0.15) is 5.52 Å². The number of rotatable bonds is 4. The van der Waals surface area contributed by atoms with Crippen LogP contribution >= 0.6 is 0 Å². The van der Waals surface area contributed by atoms with Crippen molar-refractivity contribution >= 4 is 11.0 Å². The average molecular weight is 290 g/mol. The molecule has 4 nitrogen and oxygen atoms in total. The minimum Gasteiger partial charge on any atom is -0.213 e. The molecule has 0 aliphatic rings. The third-order valence-electron chi connectivity index (χ3n) is 4.07. The Morgan fingerprint density at radius 3 is 2.64 bits per heavy atom. The highest BCUT2D eigenvalue weighted by atomic mass is 15.4. The van der Waals surface area contributed by atoms with Crippen molar-refractivity contribution in [1.29, 1.82) is 5.26 Å². The lowest BCUT2D eigenvalue weighted by Gasteiger charge is -2.26. The Morgan fingerprint density at radius 1 is 1.09 bits per heavy atom. The molecule has 0 radical (unpaired) electrons. The summed E-state index contributed by atoms with van der Waals surface area (Å²) in [5, 5.41) is 17.5. The molecule has 3 rings (SSSR count). The van der Waals surface area contributed by atoms with E-state index >= 15 is 0 Å². The Morgan fingerprint density at radius 2 is 1.82 bits per heavy atom. The lowest BCUT2D eigenvalue weighted by atomic mass is 9.79. The largest absolute Gasteiger partial charge is 0.213 e. The molecule has 0 aliphatic heterocycles. The highest BCUT2D eigenvalue weighted by molar-refractivity contribution is 5.76. The number of benzene rings is 2. The number of para-hydroxylation sites is 2. The number of hydrogen-bond acceptors (Lipinski definition) is 3. The maximum Gasteiger partial charge on any atom is 0.113 e. The molecule has 0 aliphatic carbocycles. The molecule has 0 fully saturated rings. The van der Waals surface area contributed by atoms with E-state index in [0.717, 1.165) is 23.1 Å². The van der Waals surface area contributed by atoms with Crippen LogP contribution < -0.4 is 0 Å². The van der Waals surface area contributed by atoms with Crippen LogP contribution in [-0.2, 0) is 5.41 Å². The fourth-order valence-electron chi connectivity index (χ4n) is 2.78. The summed E-state index contributed by atoms with van der Waals surface area (Å²) in [6.45, 7) is 4.34. The van der Waals surface area contributed by atoms with E-state index in [1.165, 1.54) is 5.56 Å². The Kier molecular flexibility index (Phi) is 3.64. The molecule has 0 bridgehead atoms. The van der Waals surface area contributed by atoms with Gasteiger partial charge >= 0.3 is 0 Å². The molecule has 2 aromatic carbocycles. The fraction of sp³-hybridized carbons (Fsp3) is 0.278. The molecule has 0 atom stereocenters. The average Bonchev–Trinajstić information content (AvgIpc) is 2.97. The van der Waals surface area contributed by atoms with Crippen LogP contribution in [-0.4, -0.2) is 15.0 Å². The summed E-state index contributed by atoms with van der Waals surface area (Å²) in [7, 11) is 0. The smallest absolute Gasteiger partial charge is 0.113 e. The van der Waals surface area contributed by atoms with Gasteiger partial charge in [-0.25, -0.2) is 4.68 Å². The molecule has 1 heterocycles. The van der Waals surface area contributed by atoms with E-state index < -0.39 is 0 Å². The second-order valence-corrected chi connectivity index (χ2v) is 6.05. The first kappa shape index (κ1) is 14.3. The summed E-state index contributed by atoms with van der Waals surface area (Å²) in [5.41, 5.74) is 3.98. The van der Waals surface area contributed by atoms with Gasteiger partial charge in [-0.05, 0) is 35.6 Å². The van der Waals surface area contributed by atoms with Crippen molar-refractivity contribution in [2.24, 2.45) is 0 Å². The van der Waals surface area contributed by atoms with Crippen LogP contribution in [0.3, 0.4) is 0 Å². The second-order valence-electron chi connectivity index (χ2n) is 6.05. The summed E-state index contributed by atoms with van der Waals surface area (Å²) >= 11 is 0. The Balaban J connectivity index is 2.15. The van der Waals surface area contributed by atoms with E-state index in [0.29, 0.717) is 6.42 Å². The normalized spacial score (nSPS) is 11.5. The zero-order valence-corrected chi connectivity index (χ0v) is 12.8. The van der Waals surface area contributed by atoms with Crippen molar-refractivity contribution in [2.75, 3.05) is 0 Å². The molecule has 110 valence electrons. The predicted octanol–water partition coefficient (Wildman–Crippen LogP) is 4.00. The van der Waals surface area contributed by atoms with Gasteiger partial charge in [-0.15, -0.1) is 5.10 Å². The molecule has 0 amide bonds. The van der Waals surface area contributed by atoms with E-state index in [-0.39, 0.29) is 5.41 Å². The summed E-state index contributed by atoms with van der Waals surface area (Å²) < 4.78 is 1.89. The number of hydrogen-bond donors (Lipinski definition) is 0. The van der Waals surface area contributed by atoms with Crippen molar-refractivity contribution in [3.05, 3.63) is 54.1 Å². The molecule has 0 N–H and O–H groups in total. The third-order valence-corrected chi connectivity index (χ3v) is 4.07. The molecule has 3 aromatic rings. The highest BCUT2D eigenvalue weighted by Gasteiger charge is 2.24. The quantitative estimate of drug-likeness (QED) is 0.729. The van der Waals surface area contributed by atoms with Gasteiger partial charge in [0, 0.05) is 6.42 Å². The Labute approximate surface area is 130 Å². The van der Waals surface area contributed by atoms with Gasteiger partial charge in [0.25, 0.3) is 0 Å². The van der Waals surface area contributed by atoms with E-state index in [1.807, 2.05) is 41.1 Å². The van der Waals surface area contributed by atoms with Crippen LogP contribution in [0.25, 0.3) is 16.7 Å². The zero-order valence-electron chi connectivity index (χ0n) is 12.8. The Bertz CT molecular complexity index is 839. The van der Waals surface area contributed by atoms with Crippen LogP contribution in [0.2, 0.25) is 0 Å².